The van der Waals surface area contributed by atoms with E-state index in [2.05, 4.69) is 106 Å². The first-order valence-corrected chi connectivity index (χ1v) is 8.43. The summed E-state index contributed by atoms with van der Waals surface area (Å²) in [7, 11) is 4.19. The summed E-state index contributed by atoms with van der Waals surface area (Å²) in [6.45, 7) is 11.6. The van der Waals surface area contributed by atoms with Crippen molar-refractivity contribution in [1.29, 1.82) is 0 Å². The van der Waals surface area contributed by atoms with E-state index >= 15 is 0 Å². The van der Waals surface area contributed by atoms with Gasteiger partial charge in [0, 0.05) is 29.9 Å². The molecule has 0 aromatic carbocycles. The van der Waals surface area contributed by atoms with Crippen molar-refractivity contribution in [2.45, 2.75) is 20.8 Å². The number of rotatable bonds is 2. The molecule has 0 fully saturated rings. The second-order valence-electron chi connectivity index (χ2n) is 6.85. The Labute approximate surface area is 146 Å². The van der Waals surface area contributed by atoms with Crippen molar-refractivity contribution in [1.82, 2.24) is 4.90 Å². The van der Waals surface area contributed by atoms with Gasteiger partial charge >= 0.3 is 0 Å². The number of nitrogens with zero attached hydrogens (tertiary/aromatic N) is 2. The molecule has 2 nitrogen and oxygen atoms in total. The Morgan fingerprint density at radius 1 is 1.17 bits per heavy atom. The minimum atomic E-state index is 0.0217. The molecule has 2 heteroatoms. The molecule has 0 saturated heterocycles. The van der Waals surface area contributed by atoms with Crippen LogP contribution in [0, 0.1) is 5.41 Å². The van der Waals surface area contributed by atoms with Gasteiger partial charge in [0.05, 0.1) is 0 Å². The van der Waals surface area contributed by atoms with Gasteiger partial charge in [0.25, 0.3) is 0 Å². The third-order valence-corrected chi connectivity index (χ3v) is 4.87. The largest absolute Gasteiger partial charge is 0.347 e. The van der Waals surface area contributed by atoms with Crippen LogP contribution in [0.25, 0.3) is 0 Å². The standard InChI is InChI=1S/C22H29N2/c1-7-20-18(2)22(3,4)21(24(20)6)15-14-19-12-9-8-10-16-23(5)17-11-13-19/h7-16H,1,17H2,2-6H3/q+1/b13-11-. The first-order chi connectivity index (χ1) is 11.4. The Kier molecular flexibility index (Phi) is 5.61. The van der Waals surface area contributed by atoms with E-state index in [1.54, 1.807) is 0 Å². The van der Waals surface area contributed by atoms with Crippen molar-refractivity contribution < 1.29 is 4.58 Å². The van der Waals surface area contributed by atoms with Crippen LogP contribution < -0.4 is 0 Å². The van der Waals surface area contributed by atoms with Gasteiger partial charge in [-0.2, -0.15) is 0 Å². The summed E-state index contributed by atoms with van der Waals surface area (Å²) in [4.78, 5) is 2.25. The Morgan fingerprint density at radius 2 is 1.92 bits per heavy atom. The number of likely N-dealkylation sites (N-methyl/N-ethyl adjacent to an activating group) is 2. The van der Waals surface area contributed by atoms with Crippen molar-refractivity contribution in [2.24, 2.45) is 5.41 Å². The highest BCUT2D eigenvalue weighted by Gasteiger charge is 2.36. The lowest BCUT2D eigenvalue weighted by Gasteiger charge is -2.25. The second kappa shape index (κ2) is 7.48. The highest BCUT2D eigenvalue weighted by molar-refractivity contribution is 5.66. The average molecular weight is 321 g/mol. The van der Waals surface area contributed by atoms with E-state index in [1.165, 1.54) is 22.5 Å². The van der Waals surface area contributed by atoms with Crippen LogP contribution in [0.15, 0.2) is 83.8 Å². The molecule has 2 aliphatic rings. The van der Waals surface area contributed by atoms with Crippen LogP contribution in [0.1, 0.15) is 20.8 Å². The van der Waals surface area contributed by atoms with Gasteiger partial charge in [0.1, 0.15) is 7.05 Å². The molecule has 0 saturated carbocycles. The lowest BCUT2D eigenvalue weighted by Crippen LogP contribution is -2.19. The highest BCUT2D eigenvalue weighted by Crippen LogP contribution is 2.45. The van der Waals surface area contributed by atoms with Crippen LogP contribution in [0.2, 0.25) is 0 Å². The molecule has 0 bridgehead atoms. The number of allylic oxidation sites excluding steroid dienone is 10. The zero-order valence-electron chi connectivity index (χ0n) is 15.6. The van der Waals surface area contributed by atoms with E-state index in [0.717, 1.165) is 6.54 Å². The molecule has 2 aliphatic heterocycles. The topological polar surface area (TPSA) is 6.25 Å². The monoisotopic (exact) mass is 321 g/mol. The molecule has 2 heterocycles. The van der Waals surface area contributed by atoms with Crippen LogP contribution in [0.4, 0.5) is 0 Å². The Balaban J connectivity index is 2.34. The maximum absolute atomic E-state index is 3.96. The molecule has 126 valence electrons. The molecule has 0 atom stereocenters. The molecule has 0 N–H and O–H groups in total. The van der Waals surface area contributed by atoms with E-state index in [-0.39, 0.29) is 5.41 Å². The Hall–Kier alpha value is -2.35. The normalized spacial score (nSPS) is 25.4. The predicted octanol–water partition coefficient (Wildman–Crippen LogP) is 4.62. The van der Waals surface area contributed by atoms with Gasteiger partial charge in [-0.15, -0.1) is 0 Å². The van der Waals surface area contributed by atoms with Gasteiger partial charge < -0.3 is 4.90 Å². The fourth-order valence-corrected chi connectivity index (χ4v) is 3.11. The van der Waals surface area contributed by atoms with Gasteiger partial charge in [-0.05, 0) is 36.3 Å². The van der Waals surface area contributed by atoms with E-state index in [1.807, 2.05) is 6.08 Å². The lowest BCUT2D eigenvalue weighted by atomic mass is 9.83. The summed E-state index contributed by atoms with van der Waals surface area (Å²) in [5.74, 6) is 0. The zero-order chi connectivity index (χ0) is 17.7. The Morgan fingerprint density at radius 3 is 2.58 bits per heavy atom. The van der Waals surface area contributed by atoms with Gasteiger partial charge in [-0.25, -0.2) is 4.58 Å². The van der Waals surface area contributed by atoms with E-state index < -0.39 is 0 Å². The molecule has 0 radical (unpaired) electrons. The van der Waals surface area contributed by atoms with Crippen molar-refractivity contribution in [3.8, 4) is 0 Å². The smallest absolute Gasteiger partial charge is 0.163 e. The SMILES string of the molecule is C=CC1=C(C)C(C)(C)C(=CC=C2C=CC=CC=[N+](C)C/C=C\2)N1C. The van der Waals surface area contributed by atoms with Crippen LogP contribution in [0.5, 0.6) is 0 Å². The minimum Gasteiger partial charge on any atom is -0.347 e. The van der Waals surface area contributed by atoms with Gasteiger partial charge in [-0.3, -0.25) is 0 Å². The zero-order valence-corrected chi connectivity index (χ0v) is 15.6. The van der Waals surface area contributed by atoms with Crippen LogP contribution >= 0.6 is 0 Å². The summed E-state index contributed by atoms with van der Waals surface area (Å²) in [6.07, 6.45) is 21.1. The quantitative estimate of drug-likeness (QED) is 0.672. The molecule has 0 spiro atoms. The van der Waals surface area contributed by atoms with Crippen molar-refractivity contribution in [3.05, 3.63) is 83.8 Å². The summed E-state index contributed by atoms with van der Waals surface area (Å²) < 4.78 is 2.15. The molecule has 0 unspecified atom stereocenters. The average Bonchev–Trinajstić information content (AvgIpc) is 2.70. The van der Waals surface area contributed by atoms with Crippen molar-refractivity contribution >= 4 is 6.21 Å². The van der Waals surface area contributed by atoms with Crippen LogP contribution in [-0.2, 0) is 0 Å². The van der Waals surface area contributed by atoms with Gasteiger partial charge in [-0.1, -0.05) is 50.8 Å². The second-order valence-corrected chi connectivity index (χ2v) is 6.85. The number of hydrogen-bond donors (Lipinski definition) is 0. The first kappa shape index (κ1) is 18.0. The van der Waals surface area contributed by atoms with Gasteiger partial charge in [0.15, 0.2) is 12.8 Å². The fraction of sp³-hybridized carbons (Fsp3) is 0.318. The maximum atomic E-state index is 3.96. The molecule has 0 aromatic heterocycles. The van der Waals surface area contributed by atoms with E-state index in [9.17, 15) is 0 Å². The molecule has 0 aliphatic carbocycles. The van der Waals surface area contributed by atoms with Crippen LogP contribution in [0.3, 0.4) is 0 Å². The molecular weight excluding hydrogens is 292 g/mol. The molecule has 0 amide bonds. The van der Waals surface area contributed by atoms with E-state index in [0.29, 0.717) is 0 Å². The minimum absolute atomic E-state index is 0.0217. The van der Waals surface area contributed by atoms with Gasteiger partial charge in [0.2, 0.25) is 0 Å². The van der Waals surface area contributed by atoms with Crippen molar-refractivity contribution in [3.63, 3.8) is 0 Å². The first-order valence-electron chi connectivity index (χ1n) is 8.43. The molecule has 24 heavy (non-hydrogen) atoms. The van der Waals surface area contributed by atoms with Crippen molar-refractivity contribution in [2.75, 3.05) is 20.6 Å². The summed E-state index contributed by atoms with van der Waals surface area (Å²) in [6, 6.07) is 0. The lowest BCUT2D eigenvalue weighted by molar-refractivity contribution is -0.480. The van der Waals surface area contributed by atoms with Crippen LogP contribution in [-0.4, -0.2) is 36.3 Å². The summed E-state index contributed by atoms with van der Waals surface area (Å²) in [5, 5.41) is 0. The third kappa shape index (κ3) is 3.76. The Bertz CT molecular complexity index is 719. The summed E-state index contributed by atoms with van der Waals surface area (Å²) in [5.41, 5.74) is 5.08. The van der Waals surface area contributed by atoms with E-state index in [4.69, 9.17) is 0 Å². The fourth-order valence-electron chi connectivity index (χ4n) is 3.11. The molecule has 2 rings (SSSR count). The highest BCUT2D eigenvalue weighted by atomic mass is 15.2. The molecule has 0 aromatic rings. The third-order valence-electron chi connectivity index (χ3n) is 4.87. The predicted molar refractivity (Wildman–Crippen MR) is 105 cm³/mol. The molecular formula is C22H29N2+. The number of hydrogen-bond acceptors (Lipinski definition) is 1. The maximum Gasteiger partial charge on any atom is 0.163 e. The summed E-state index contributed by atoms with van der Waals surface area (Å²) >= 11 is 0.